The molecule has 7 heteroatoms. The van der Waals surface area contributed by atoms with Crippen LogP contribution < -0.4 is 0 Å². The van der Waals surface area contributed by atoms with Gasteiger partial charge in [0.25, 0.3) is 0 Å². The fourth-order valence-corrected chi connectivity index (χ4v) is 4.74. The van der Waals surface area contributed by atoms with Crippen LogP contribution in [0, 0.1) is 11.3 Å². The number of hydrogen-bond donors (Lipinski definition) is 0. The molecule has 162 valence electrons. The minimum absolute atomic E-state index is 0.173. The molecule has 1 aliphatic heterocycles. The molecule has 1 aromatic carbocycles. The van der Waals surface area contributed by atoms with Crippen LogP contribution in [0.2, 0.25) is 0 Å². The van der Waals surface area contributed by atoms with Gasteiger partial charge in [-0.1, -0.05) is 29.8 Å². The molecule has 0 bridgehead atoms. The van der Waals surface area contributed by atoms with E-state index >= 15 is 0 Å². The first-order chi connectivity index (χ1) is 14.6. The standard InChI is InChI=1S/C24H23BrO6/c1-12-18-11-24(4)13(2)21(29-14(3)26)20(10-16(24)9-19(18)30-22(12)27)31-23(28)15-5-7-17(25)8-6-15/h5-10,13,20-21H,11H2,1-4H3/t13-,20-,21+,24+/m0/s1. The molecule has 0 N–H and O–H groups in total. The van der Waals surface area contributed by atoms with Crippen LogP contribution in [-0.4, -0.2) is 30.1 Å². The number of fused-ring (bicyclic) bond motifs is 2. The largest absolute Gasteiger partial charge is 0.458 e. The minimum atomic E-state index is -0.765. The molecular weight excluding hydrogens is 464 g/mol. The highest BCUT2D eigenvalue weighted by Gasteiger charge is 2.51. The van der Waals surface area contributed by atoms with Crippen molar-refractivity contribution in [1.29, 1.82) is 0 Å². The van der Waals surface area contributed by atoms with Crippen molar-refractivity contribution < 1.29 is 28.6 Å². The second kappa shape index (κ2) is 7.79. The van der Waals surface area contributed by atoms with Crippen molar-refractivity contribution in [2.24, 2.45) is 11.3 Å². The Morgan fingerprint density at radius 2 is 1.87 bits per heavy atom. The molecule has 0 spiro atoms. The maximum atomic E-state index is 12.8. The molecule has 1 heterocycles. The third-order valence-electron chi connectivity index (χ3n) is 6.54. The van der Waals surface area contributed by atoms with Gasteiger partial charge >= 0.3 is 17.9 Å². The number of rotatable bonds is 3. The second-order valence-electron chi connectivity index (χ2n) is 8.46. The fourth-order valence-electron chi connectivity index (χ4n) is 4.48. The molecule has 6 nitrogen and oxygen atoms in total. The summed E-state index contributed by atoms with van der Waals surface area (Å²) >= 11 is 3.35. The van der Waals surface area contributed by atoms with Crippen molar-refractivity contribution >= 4 is 33.8 Å². The lowest BCUT2D eigenvalue weighted by Crippen LogP contribution is -2.50. The summed E-state index contributed by atoms with van der Waals surface area (Å²) in [6.45, 7) is 7.16. The molecule has 0 aromatic heterocycles. The first kappa shape index (κ1) is 21.6. The summed E-state index contributed by atoms with van der Waals surface area (Å²) < 4.78 is 17.7. The fraction of sp³-hybridized carbons (Fsp3) is 0.375. The summed E-state index contributed by atoms with van der Waals surface area (Å²) in [7, 11) is 0. The Bertz CT molecular complexity index is 1060. The van der Waals surface area contributed by atoms with E-state index in [0.29, 0.717) is 23.3 Å². The number of benzene rings is 1. The van der Waals surface area contributed by atoms with Gasteiger partial charge in [0.1, 0.15) is 11.9 Å². The van der Waals surface area contributed by atoms with Crippen LogP contribution >= 0.6 is 15.9 Å². The molecule has 2 aliphatic carbocycles. The first-order valence-electron chi connectivity index (χ1n) is 10.1. The van der Waals surface area contributed by atoms with E-state index < -0.39 is 29.6 Å². The maximum absolute atomic E-state index is 12.8. The second-order valence-corrected chi connectivity index (χ2v) is 9.37. The zero-order chi connectivity index (χ0) is 22.5. The zero-order valence-corrected chi connectivity index (χ0v) is 19.3. The lowest BCUT2D eigenvalue weighted by atomic mass is 9.60. The number of halogens is 1. The third kappa shape index (κ3) is 3.76. The minimum Gasteiger partial charge on any atom is -0.458 e. The summed E-state index contributed by atoms with van der Waals surface area (Å²) in [6, 6.07) is 6.85. The summed E-state index contributed by atoms with van der Waals surface area (Å²) in [4.78, 5) is 36.7. The Morgan fingerprint density at radius 1 is 1.19 bits per heavy atom. The van der Waals surface area contributed by atoms with Gasteiger partial charge in [0.15, 0.2) is 6.10 Å². The summed E-state index contributed by atoms with van der Waals surface area (Å²) in [5.74, 6) is -0.917. The highest BCUT2D eigenvalue weighted by molar-refractivity contribution is 9.10. The molecule has 0 saturated heterocycles. The van der Waals surface area contributed by atoms with Crippen LogP contribution in [0.5, 0.6) is 0 Å². The molecule has 0 amide bonds. The van der Waals surface area contributed by atoms with Crippen LogP contribution in [0.25, 0.3) is 0 Å². The van der Waals surface area contributed by atoms with Gasteiger partial charge in [-0.05, 0) is 55.3 Å². The van der Waals surface area contributed by atoms with E-state index in [2.05, 4.69) is 22.9 Å². The lowest BCUT2D eigenvalue weighted by Gasteiger charge is -2.48. The monoisotopic (exact) mass is 486 g/mol. The SMILES string of the molecule is CC(=O)O[C@H]1[C@@H](OC(=O)c2ccc(Br)cc2)C=C2C=C3OC(=O)C(C)=C3C[C@]2(C)[C@H]1C. The van der Waals surface area contributed by atoms with E-state index in [4.69, 9.17) is 14.2 Å². The molecular formula is C24H23BrO6. The van der Waals surface area contributed by atoms with Crippen molar-refractivity contribution in [3.05, 3.63) is 68.9 Å². The number of allylic oxidation sites excluding steroid dienone is 3. The highest BCUT2D eigenvalue weighted by atomic mass is 79.9. The molecule has 3 aliphatic rings. The number of esters is 3. The predicted molar refractivity (Wildman–Crippen MR) is 116 cm³/mol. The summed E-state index contributed by atoms with van der Waals surface area (Å²) in [6.07, 6.45) is 2.82. The summed E-state index contributed by atoms with van der Waals surface area (Å²) in [5, 5.41) is 0. The zero-order valence-electron chi connectivity index (χ0n) is 17.7. The third-order valence-corrected chi connectivity index (χ3v) is 7.07. The maximum Gasteiger partial charge on any atom is 0.339 e. The smallest absolute Gasteiger partial charge is 0.339 e. The first-order valence-corrected chi connectivity index (χ1v) is 10.9. The molecule has 4 atom stereocenters. The lowest BCUT2D eigenvalue weighted by molar-refractivity contribution is -0.159. The van der Waals surface area contributed by atoms with Crippen molar-refractivity contribution in [2.45, 2.75) is 46.3 Å². The molecule has 0 radical (unpaired) electrons. The van der Waals surface area contributed by atoms with E-state index in [1.807, 2.05) is 19.1 Å². The molecule has 0 saturated carbocycles. The van der Waals surface area contributed by atoms with E-state index in [0.717, 1.165) is 15.6 Å². The van der Waals surface area contributed by atoms with Gasteiger partial charge in [0.2, 0.25) is 0 Å². The Labute approximate surface area is 189 Å². The van der Waals surface area contributed by atoms with E-state index in [-0.39, 0.29) is 11.9 Å². The number of carbonyl (C=O) groups excluding carboxylic acids is 3. The van der Waals surface area contributed by atoms with E-state index in [1.54, 1.807) is 31.2 Å². The molecule has 0 unspecified atom stereocenters. The van der Waals surface area contributed by atoms with Crippen LogP contribution in [-0.2, 0) is 23.8 Å². The molecule has 0 fully saturated rings. The van der Waals surface area contributed by atoms with Crippen LogP contribution in [0.3, 0.4) is 0 Å². The highest BCUT2D eigenvalue weighted by Crippen LogP contribution is 2.54. The average Bonchev–Trinajstić information content (AvgIpc) is 2.97. The Balaban J connectivity index is 1.72. The predicted octanol–water partition coefficient (Wildman–Crippen LogP) is 4.65. The van der Waals surface area contributed by atoms with Gasteiger partial charge in [-0.25, -0.2) is 9.59 Å². The van der Waals surface area contributed by atoms with Gasteiger partial charge in [0, 0.05) is 33.9 Å². The van der Waals surface area contributed by atoms with Gasteiger partial charge < -0.3 is 14.2 Å². The average molecular weight is 487 g/mol. The van der Waals surface area contributed by atoms with Gasteiger partial charge in [-0.15, -0.1) is 0 Å². The van der Waals surface area contributed by atoms with Crippen molar-refractivity contribution in [2.75, 3.05) is 0 Å². The topological polar surface area (TPSA) is 78.9 Å². The number of ether oxygens (including phenoxy) is 3. The Hall–Kier alpha value is -2.67. The summed E-state index contributed by atoms with van der Waals surface area (Å²) in [5.41, 5.74) is 2.37. The molecule has 31 heavy (non-hydrogen) atoms. The van der Waals surface area contributed by atoms with E-state index in [9.17, 15) is 14.4 Å². The van der Waals surface area contributed by atoms with Crippen LogP contribution in [0.4, 0.5) is 0 Å². The molecule has 4 rings (SSSR count). The van der Waals surface area contributed by atoms with Crippen molar-refractivity contribution in [3.8, 4) is 0 Å². The quantitative estimate of drug-likeness (QED) is 0.456. The van der Waals surface area contributed by atoms with Crippen LogP contribution in [0.15, 0.2) is 63.4 Å². The molecule has 1 aromatic rings. The van der Waals surface area contributed by atoms with Gasteiger partial charge in [-0.3, -0.25) is 4.79 Å². The Kier molecular flexibility index (Phi) is 5.41. The normalized spacial score (nSPS) is 29.3. The van der Waals surface area contributed by atoms with Crippen molar-refractivity contribution in [1.82, 2.24) is 0 Å². The van der Waals surface area contributed by atoms with Gasteiger partial charge in [0.05, 0.1) is 5.56 Å². The van der Waals surface area contributed by atoms with E-state index in [1.165, 1.54) is 6.92 Å². The van der Waals surface area contributed by atoms with Gasteiger partial charge in [-0.2, -0.15) is 0 Å². The number of hydrogen-bond acceptors (Lipinski definition) is 6. The van der Waals surface area contributed by atoms with Crippen molar-refractivity contribution in [3.63, 3.8) is 0 Å². The number of carbonyl (C=O) groups is 3. The Morgan fingerprint density at radius 3 is 2.52 bits per heavy atom. The van der Waals surface area contributed by atoms with Crippen LogP contribution in [0.1, 0.15) is 44.5 Å².